The molecular formula is C22H31N3OS. The van der Waals surface area contributed by atoms with Crippen LogP contribution < -0.4 is 5.32 Å². The lowest BCUT2D eigenvalue weighted by atomic mass is 10.1. The fraction of sp³-hybridized carbons (Fsp3) is 0.455. The molecule has 0 radical (unpaired) electrons. The minimum atomic E-state index is -0.0954. The molecule has 27 heavy (non-hydrogen) atoms. The highest BCUT2D eigenvalue weighted by Gasteiger charge is 2.16. The van der Waals surface area contributed by atoms with Gasteiger partial charge < -0.3 is 10.2 Å². The first kappa shape index (κ1) is 21.5. The molecule has 1 N–H and O–H groups in total. The van der Waals surface area contributed by atoms with Crippen LogP contribution in [0.2, 0.25) is 0 Å². The molecule has 1 aliphatic heterocycles. The Labute approximate surface area is 167 Å². The number of thioether (sulfide) groups is 1. The van der Waals surface area contributed by atoms with Crippen LogP contribution >= 0.6 is 11.8 Å². The number of aliphatic imine (C=N–C) groups is 1. The topological polar surface area (TPSA) is 44.7 Å². The lowest BCUT2D eigenvalue weighted by Gasteiger charge is -2.23. The van der Waals surface area contributed by atoms with E-state index in [4.69, 9.17) is 0 Å². The largest absolute Gasteiger partial charge is 0.367 e. The molecule has 146 valence electrons. The summed E-state index contributed by atoms with van der Waals surface area (Å²) < 4.78 is 0. The van der Waals surface area contributed by atoms with E-state index in [9.17, 15) is 4.79 Å². The smallest absolute Gasteiger partial charge is 0.222 e. The van der Waals surface area contributed by atoms with Crippen molar-refractivity contribution in [2.24, 2.45) is 4.99 Å². The second kappa shape index (κ2) is 11.1. The Morgan fingerprint density at radius 2 is 2.07 bits per heavy atom. The Kier molecular flexibility index (Phi) is 8.82. The third-order valence-corrected chi connectivity index (χ3v) is 5.58. The molecule has 0 aliphatic carbocycles. The van der Waals surface area contributed by atoms with Crippen molar-refractivity contribution in [2.75, 3.05) is 32.9 Å². The van der Waals surface area contributed by atoms with Crippen LogP contribution in [0.5, 0.6) is 0 Å². The molecule has 1 aliphatic rings. The van der Waals surface area contributed by atoms with Crippen LogP contribution in [0.15, 0.2) is 58.5 Å². The first-order valence-corrected chi connectivity index (χ1v) is 10.5. The second-order valence-corrected chi connectivity index (χ2v) is 8.16. The first-order valence-electron chi connectivity index (χ1n) is 9.45. The minimum absolute atomic E-state index is 0.0954. The third kappa shape index (κ3) is 7.35. The van der Waals surface area contributed by atoms with Gasteiger partial charge in [-0.1, -0.05) is 42.5 Å². The van der Waals surface area contributed by atoms with E-state index in [0.29, 0.717) is 18.0 Å². The molecule has 1 aromatic carbocycles. The number of nitrogens with one attached hydrogen (secondary N) is 1. The van der Waals surface area contributed by atoms with E-state index < -0.39 is 0 Å². The number of rotatable bonds is 10. The molecule has 2 rings (SSSR count). The van der Waals surface area contributed by atoms with Gasteiger partial charge in [-0.3, -0.25) is 9.79 Å². The van der Waals surface area contributed by atoms with Crippen LogP contribution in [0.25, 0.3) is 0 Å². The van der Waals surface area contributed by atoms with Crippen molar-refractivity contribution < 1.29 is 4.79 Å². The fourth-order valence-electron chi connectivity index (χ4n) is 2.85. The molecule has 0 aromatic heterocycles. The third-order valence-electron chi connectivity index (χ3n) is 4.64. The zero-order valence-electron chi connectivity index (χ0n) is 16.7. The van der Waals surface area contributed by atoms with E-state index in [1.165, 1.54) is 16.9 Å². The minimum Gasteiger partial charge on any atom is -0.367 e. The number of likely N-dealkylation sites (N-methyl/N-ethyl adjacent to an activating group) is 1. The number of amidine groups is 1. The van der Waals surface area contributed by atoms with Crippen molar-refractivity contribution in [3.63, 3.8) is 0 Å². The lowest BCUT2D eigenvalue weighted by Crippen LogP contribution is -2.37. The van der Waals surface area contributed by atoms with Crippen molar-refractivity contribution in [1.29, 1.82) is 0 Å². The van der Waals surface area contributed by atoms with E-state index in [1.54, 1.807) is 6.92 Å². The highest BCUT2D eigenvalue weighted by atomic mass is 32.2. The Hall–Kier alpha value is -1.85. The molecule has 5 heteroatoms. The number of carbonyl (C=O) groups is 1. The van der Waals surface area contributed by atoms with Crippen LogP contribution in [-0.4, -0.2) is 55.5 Å². The van der Waals surface area contributed by atoms with Crippen LogP contribution in [0.4, 0.5) is 0 Å². The maximum atomic E-state index is 12.5. The highest BCUT2D eigenvalue weighted by molar-refractivity contribution is 8.02. The molecule has 0 fully saturated rings. The molecule has 0 bridgehead atoms. The molecule has 0 spiro atoms. The van der Waals surface area contributed by atoms with E-state index in [-0.39, 0.29) is 11.8 Å². The van der Waals surface area contributed by atoms with Gasteiger partial charge in [-0.25, -0.2) is 0 Å². The van der Waals surface area contributed by atoms with Gasteiger partial charge in [0.15, 0.2) is 5.84 Å². The monoisotopic (exact) mass is 385 g/mol. The molecule has 1 atom stereocenters. The zero-order chi connectivity index (χ0) is 19.6. The van der Waals surface area contributed by atoms with Gasteiger partial charge in [-0.05, 0) is 56.8 Å². The van der Waals surface area contributed by atoms with Crippen LogP contribution in [0, 0.1) is 0 Å². The van der Waals surface area contributed by atoms with E-state index in [1.807, 2.05) is 17.8 Å². The van der Waals surface area contributed by atoms with E-state index >= 15 is 0 Å². The number of Topliss-reactive ketones (excluding diaryl/α,β-unsaturated/α-hetero) is 1. The molecule has 1 heterocycles. The number of carbonyl (C=O) groups excluding carboxylic acids is 1. The number of nitrogens with zero attached hydrogens (tertiary/aromatic N) is 2. The van der Waals surface area contributed by atoms with E-state index in [0.717, 1.165) is 25.8 Å². The molecule has 0 amide bonds. The summed E-state index contributed by atoms with van der Waals surface area (Å²) in [4.78, 5) is 19.3. The van der Waals surface area contributed by atoms with Crippen molar-refractivity contribution in [3.8, 4) is 0 Å². The van der Waals surface area contributed by atoms with Crippen LogP contribution in [0.3, 0.4) is 0 Å². The van der Waals surface area contributed by atoms with Crippen molar-refractivity contribution in [2.45, 2.75) is 32.2 Å². The maximum absolute atomic E-state index is 12.5. The summed E-state index contributed by atoms with van der Waals surface area (Å²) in [6.45, 7) is 6.84. The standard InChI is InChI=1S/C22H31N3OS/c1-17(2)21(26)22(23-12-10-19-11-13-27-16-19)24-15-20(25(3)4)14-18-8-6-5-7-9-18/h5-9,16,20H,1,10-15H2,2-4H3,(H,23,24). The summed E-state index contributed by atoms with van der Waals surface area (Å²) in [5.74, 6) is 1.51. The van der Waals surface area contributed by atoms with Gasteiger partial charge in [0.05, 0.1) is 6.54 Å². The van der Waals surface area contributed by atoms with Gasteiger partial charge in [0, 0.05) is 18.3 Å². The normalized spacial score (nSPS) is 15.6. The molecular weight excluding hydrogens is 354 g/mol. The highest BCUT2D eigenvalue weighted by Crippen LogP contribution is 2.23. The Balaban J connectivity index is 2.01. The molecule has 4 nitrogen and oxygen atoms in total. The number of ketones is 1. The predicted molar refractivity (Wildman–Crippen MR) is 118 cm³/mol. The Morgan fingerprint density at radius 3 is 2.67 bits per heavy atom. The van der Waals surface area contributed by atoms with Crippen molar-refractivity contribution in [3.05, 3.63) is 59.0 Å². The van der Waals surface area contributed by atoms with Gasteiger partial charge >= 0.3 is 0 Å². The van der Waals surface area contributed by atoms with E-state index in [2.05, 4.69) is 65.6 Å². The van der Waals surface area contributed by atoms with Gasteiger partial charge in [0.1, 0.15) is 0 Å². The maximum Gasteiger partial charge on any atom is 0.222 e. The zero-order valence-corrected chi connectivity index (χ0v) is 17.5. The SMILES string of the molecule is C=C(C)C(=O)C(=NCC(Cc1ccccc1)N(C)C)NCCC1=CSCC1. The van der Waals surface area contributed by atoms with Gasteiger partial charge in [0.2, 0.25) is 5.78 Å². The molecule has 1 aromatic rings. The van der Waals surface area contributed by atoms with Gasteiger partial charge in [0.25, 0.3) is 0 Å². The van der Waals surface area contributed by atoms with Crippen molar-refractivity contribution in [1.82, 2.24) is 10.2 Å². The molecule has 0 saturated heterocycles. The Morgan fingerprint density at radius 1 is 1.33 bits per heavy atom. The number of benzene rings is 1. The lowest BCUT2D eigenvalue weighted by molar-refractivity contribution is -0.109. The number of hydrogen-bond donors (Lipinski definition) is 1. The van der Waals surface area contributed by atoms with Crippen molar-refractivity contribution >= 4 is 23.4 Å². The summed E-state index contributed by atoms with van der Waals surface area (Å²) in [6.07, 6.45) is 3.00. The average Bonchev–Trinajstić information content (AvgIpc) is 3.16. The fourth-order valence-corrected chi connectivity index (χ4v) is 3.82. The summed E-state index contributed by atoms with van der Waals surface area (Å²) in [7, 11) is 4.11. The van der Waals surface area contributed by atoms with Crippen LogP contribution in [-0.2, 0) is 11.2 Å². The summed E-state index contributed by atoms with van der Waals surface area (Å²) in [5.41, 5.74) is 3.24. The quantitative estimate of drug-likeness (QED) is 0.379. The predicted octanol–water partition coefficient (Wildman–Crippen LogP) is 3.70. The molecule has 1 unspecified atom stereocenters. The van der Waals surface area contributed by atoms with Gasteiger partial charge in [-0.2, -0.15) is 0 Å². The summed E-state index contributed by atoms with van der Waals surface area (Å²) in [5, 5.41) is 5.49. The van der Waals surface area contributed by atoms with Gasteiger partial charge in [-0.15, -0.1) is 11.8 Å². The van der Waals surface area contributed by atoms with Crippen LogP contribution in [0.1, 0.15) is 25.3 Å². The Bertz CT molecular complexity index is 695. The second-order valence-electron chi connectivity index (χ2n) is 7.18. The molecule has 0 saturated carbocycles. The average molecular weight is 386 g/mol. The number of hydrogen-bond acceptors (Lipinski definition) is 4. The first-order chi connectivity index (χ1) is 13.0. The summed E-state index contributed by atoms with van der Waals surface area (Å²) in [6, 6.07) is 10.6. The summed E-state index contributed by atoms with van der Waals surface area (Å²) >= 11 is 1.86.